The highest BCUT2D eigenvalue weighted by Crippen LogP contribution is 2.28. The fourth-order valence-electron chi connectivity index (χ4n) is 1.86. The molecule has 0 amide bonds. The Kier molecular flexibility index (Phi) is 2.26. The van der Waals surface area contributed by atoms with Gasteiger partial charge in [-0.2, -0.15) is 0 Å². The molecule has 1 aromatic carbocycles. The number of aromatic amines is 1. The lowest BCUT2D eigenvalue weighted by molar-refractivity contribution is 0.567. The van der Waals surface area contributed by atoms with Gasteiger partial charge in [0.05, 0.1) is 5.69 Å². The van der Waals surface area contributed by atoms with E-state index in [9.17, 15) is 9.18 Å². The topological polar surface area (TPSA) is 58.9 Å². The molecule has 4 nitrogen and oxygen atoms in total. The normalized spacial score (nSPS) is 11.0. The molecule has 2 aromatic heterocycles. The van der Waals surface area contributed by atoms with Crippen molar-refractivity contribution in [1.82, 2.24) is 9.97 Å². The summed E-state index contributed by atoms with van der Waals surface area (Å²) >= 11 is 0. The predicted molar refractivity (Wildman–Crippen MR) is 64.8 cm³/mol. The lowest BCUT2D eigenvalue weighted by atomic mass is 10.2. The molecule has 0 spiro atoms. The van der Waals surface area contributed by atoms with E-state index in [1.807, 2.05) is 0 Å². The molecule has 0 aliphatic heterocycles. The highest BCUT2D eigenvalue weighted by Gasteiger charge is 2.12. The molecule has 0 saturated heterocycles. The van der Waals surface area contributed by atoms with Crippen molar-refractivity contribution < 1.29 is 8.81 Å². The van der Waals surface area contributed by atoms with Gasteiger partial charge in [0.2, 0.25) is 0 Å². The maximum absolute atomic E-state index is 13.5. The molecule has 90 valence electrons. The Morgan fingerprint density at radius 2 is 2.22 bits per heavy atom. The van der Waals surface area contributed by atoms with Gasteiger partial charge in [-0.3, -0.25) is 0 Å². The third-order valence-electron chi connectivity index (χ3n) is 2.74. The summed E-state index contributed by atoms with van der Waals surface area (Å²) in [5, 5.41) is 0.655. The summed E-state index contributed by atoms with van der Waals surface area (Å²) < 4.78 is 19.0. The number of rotatable bonds is 1. The first-order chi connectivity index (χ1) is 8.65. The van der Waals surface area contributed by atoms with E-state index in [2.05, 4.69) is 9.97 Å². The lowest BCUT2D eigenvalue weighted by Crippen LogP contribution is -2.10. The van der Waals surface area contributed by atoms with Crippen LogP contribution in [0.3, 0.4) is 0 Å². The quantitative estimate of drug-likeness (QED) is 0.715. The minimum absolute atomic E-state index is 0.185. The van der Waals surface area contributed by atoms with Crippen LogP contribution in [0.25, 0.3) is 22.4 Å². The molecule has 0 atom stereocenters. The van der Waals surface area contributed by atoms with E-state index in [-0.39, 0.29) is 5.58 Å². The maximum atomic E-state index is 13.5. The number of fused-ring (bicyclic) bond motifs is 1. The first-order valence-electron chi connectivity index (χ1n) is 5.39. The summed E-state index contributed by atoms with van der Waals surface area (Å²) in [6, 6.07) is 6.38. The summed E-state index contributed by atoms with van der Waals surface area (Å²) in [7, 11) is 0. The monoisotopic (exact) mass is 244 g/mol. The van der Waals surface area contributed by atoms with Gasteiger partial charge in [0.1, 0.15) is 0 Å². The smallest absolute Gasteiger partial charge is 0.345 e. The number of halogens is 1. The molecule has 0 aliphatic rings. The maximum Gasteiger partial charge on any atom is 0.345 e. The van der Waals surface area contributed by atoms with Crippen molar-refractivity contribution in [3.63, 3.8) is 0 Å². The predicted octanol–water partition coefficient (Wildman–Crippen LogP) is 2.63. The second-order valence-electron chi connectivity index (χ2n) is 4.02. The van der Waals surface area contributed by atoms with Gasteiger partial charge in [0, 0.05) is 11.6 Å². The van der Waals surface area contributed by atoms with Crippen LogP contribution in [0.2, 0.25) is 0 Å². The standard InChI is InChI=1S/C13H9FN2O2/c1-7-6-15-13(17)16-11(7)10-5-8-3-2-4-9(14)12(8)18-10/h2-6H,1H3,(H,15,16,17). The summed E-state index contributed by atoms with van der Waals surface area (Å²) in [5.74, 6) is -0.0000869. The van der Waals surface area contributed by atoms with Gasteiger partial charge in [0.15, 0.2) is 17.2 Å². The van der Waals surface area contributed by atoms with E-state index in [0.29, 0.717) is 16.8 Å². The Morgan fingerprint density at radius 3 is 3.00 bits per heavy atom. The van der Waals surface area contributed by atoms with E-state index < -0.39 is 11.5 Å². The number of aromatic nitrogens is 2. The SMILES string of the molecule is Cc1cnc(=O)[nH]c1-c1cc2cccc(F)c2o1. The van der Waals surface area contributed by atoms with Crippen molar-refractivity contribution in [2.45, 2.75) is 6.92 Å². The molecule has 0 saturated carbocycles. The van der Waals surface area contributed by atoms with Gasteiger partial charge >= 0.3 is 5.69 Å². The Hall–Kier alpha value is -2.43. The zero-order valence-electron chi connectivity index (χ0n) is 9.53. The van der Waals surface area contributed by atoms with E-state index in [0.717, 1.165) is 5.56 Å². The average molecular weight is 244 g/mol. The molecular formula is C13H9FN2O2. The van der Waals surface area contributed by atoms with Crippen LogP contribution in [-0.2, 0) is 0 Å². The molecule has 0 aliphatic carbocycles. The summed E-state index contributed by atoms with van der Waals surface area (Å²) in [6.07, 6.45) is 1.46. The van der Waals surface area contributed by atoms with Crippen LogP contribution in [0.15, 0.2) is 39.7 Å². The molecule has 3 rings (SSSR count). The van der Waals surface area contributed by atoms with Crippen LogP contribution < -0.4 is 5.69 Å². The molecular weight excluding hydrogens is 235 g/mol. The molecule has 0 fully saturated rings. The van der Waals surface area contributed by atoms with Crippen molar-refractivity contribution in [2.24, 2.45) is 0 Å². The highest BCUT2D eigenvalue weighted by molar-refractivity contribution is 5.82. The summed E-state index contributed by atoms with van der Waals surface area (Å²) in [4.78, 5) is 17.4. The van der Waals surface area contributed by atoms with Gasteiger partial charge in [-0.25, -0.2) is 14.2 Å². The van der Waals surface area contributed by atoms with Gasteiger partial charge in [0.25, 0.3) is 0 Å². The Bertz CT molecular complexity index is 789. The van der Waals surface area contributed by atoms with Gasteiger partial charge < -0.3 is 9.40 Å². The van der Waals surface area contributed by atoms with Crippen LogP contribution in [0.4, 0.5) is 4.39 Å². The first kappa shape index (κ1) is 10.7. The van der Waals surface area contributed by atoms with E-state index in [1.54, 1.807) is 25.1 Å². The summed E-state index contributed by atoms with van der Waals surface area (Å²) in [6.45, 7) is 1.79. The molecule has 0 unspecified atom stereocenters. The third kappa shape index (κ3) is 1.60. The molecule has 3 aromatic rings. The summed E-state index contributed by atoms with van der Waals surface area (Å²) in [5.41, 5.74) is 1.00. The number of benzene rings is 1. The van der Waals surface area contributed by atoms with Crippen molar-refractivity contribution in [1.29, 1.82) is 0 Å². The van der Waals surface area contributed by atoms with Crippen molar-refractivity contribution in [3.8, 4) is 11.5 Å². The van der Waals surface area contributed by atoms with Crippen molar-refractivity contribution >= 4 is 11.0 Å². The number of hydrogen-bond acceptors (Lipinski definition) is 3. The number of hydrogen-bond donors (Lipinski definition) is 1. The minimum Gasteiger partial charge on any atom is -0.451 e. The van der Waals surface area contributed by atoms with Crippen LogP contribution >= 0.6 is 0 Å². The number of nitrogens with zero attached hydrogens (tertiary/aromatic N) is 1. The van der Waals surface area contributed by atoms with Gasteiger partial charge in [-0.15, -0.1) is 0 Å². The fourth-order valence-corrected chi connectivity index (χ4v) is 1.86. The number of H-pyrrole nitrogens is 1. The van der Waals surface area contributed by atoms with Crippen LogP contribution in [-0.4, -0.2) is 9.97 Å². The van der Waals surface area contributed by atoms with Crippen molar-refractivity contribution in [2.75, 3.05) is 0 Å². The largest absolute Gasteiger partial charge is 0.451 e. The highest BCUT2D eigenvalue weighted by atomic mass is 19.1. The molecule has 0 bridgehead atoms. The van der Waals surface area contributed by atoms with Crippen molar-refractivity contribution in [3.05, 3.63) is 52.3 Å². The van der Waals surface area contributed by atoms with E-state index in [1.165, 1.54) is 12.3 Å². The van der Waals surface area contributed by atoms with E-state index in [4.69, 9.17) is 4.42 Å². The van der Waals surface area contributed by atoms with Crippen LogP contribution in [0, 0.1) is 12.7 Å². The molecule has 2 heterocycles. The number of aryl methyl sites for hydroxylation is 1. The number of furan rings is 1. The Morgan fingerprint density at radius 1 is 1.39 bits per heavy atom. The minimum atomic E-state index is -0.462. The second-order valence-corrected chi connectivity index (χ2v) is 4.02. The van der Waals surface area contributed by atoms with Crippen LogP contribution in [0.1, 0.15) is 5.56 Å². The first-order valence-corrected chi connectivity index (χ1v) is 5.39. The Labute approximate surface area is 101 Å². The molecule has 1 N–H and O–H groups in total. The second kappa shape index (κ2) is 3.80. The number of nitrogens with one attached hydrogen (secondary N) is 1. The van der Waals surface area contributed by atoms with Crippen LogP contribution in [0.5, 0.6) is 0 Å². The fraction of sp³-hybridized carbons (Fsp3) is 0.0769. The number of para-hydroxylation sites is 1. The van der Waals surface area contributed by atoms with Gasteiger partial charge in [-0.05, 0) is 24.6 Å². The van der Waals surface area contributed by atoms with Gasteiger partial charge in [-0.1, -0.05) is 12.1 Å². The average Bonchev–Trinajstić information content (AvgIpc) is 2.77. The zero-order chi connectivity index (χ0) is 12.7. The zero-order valence-corrected chi connectivity index (χ0v) is 9.53. The molecule has 18 heavy (non-hydrogen) atoms. The Balaban J connectivity index is 2.29. The lowest BCUT2D eigenvalue weighted by Gasteiger charge is -1.99. The molecule has 5 heteroatoms. The third-order valence-corrected chi connectivity index (χ3v) is 2.74. The van der Waals surface area contributed by atoms with E-state index >= 15 is 0 Å². The molecule has 0 radical (unpaired) electrons.